The van der Waals surface area contributed by atoms with Crippen molar-refractivity contribution in [1.82, 2.24) is 0 Å². The van der Waals surface area contributed by atoms with Gasteiger partial charge in [-0.3, -0.25) is 0 Å². The Morgan fingerprint density at radius 1 is 0.408 bits per heavy atom. The van der Waals surface area contributed by atoms with Gasteiger partial charge >= 0.3 is 0 Å². The normalized spacial score (nSPS) is 23.2. The standard InChI is InChI=1S/C26H34.C20H14O2.Zr/c1-17-13-21(14-18(17)2)23-9-5-7-11-25(23)26-12-8-6-10-24(26)22-15-19(3)20(4)16-22;21-17-11-9-13-5-1-3-7-15(13)19(17)20-16-8-4-2-6-14(16)10-12-18(20)22;/h5-12,17-22H,13-16H2,1-4H3;1-12,21-22H;. The van der Waals surface area contributed by atoms with E-state index in [9.17, 15) is 10.2 Å². The third-order valence-electron chi connectivity index (χ3n) is 11.7. The first-order valence-electron chi connectivity index (χ1n) is 17.9. The molecule has 0 bridgehead atoms. The Kier molecular flexibility index (Phi) is 10.8. The van der Waals surface area contributed by atoms with Gasteiger partial charge < -0.3 is 10.2 Å². The van der Waals surface area contributed by atoms with Crippen LogP contribution in [0, 0.1) is 23.7 Å². The molecule has 2 nitrogen and oxygen atoms in total. The zero-order valence-corrected chi connectivity index (χ0v) is 31.7. The number of fused-ring (bicyclic) bond motifs is 2. The Hall–Kier alpha value is -3.68. The van der Waals surface area contributed by atoms with Crippen LogP contribution < -0.4 is 0 Å². The van der Waals surface area contributed by atoms with Crippen molar-refractivity contribution in [3.8, 4) is 33.8 Å². The van der Waals surface area contributed by atoms with Crippen LogP contribution in [0.5, 0.6) is 11.5 Å². The molecule has 6 aromatic rings. The smallest absolute Gasteiger partial charge is 0.124 e. The first-order chi connectivity index (χ1) is 23.3. The number of hydrogen-bond acceptors (Lipinski definition) is 2. The van der Waals surface area contributed by atoms with E-state index in [1.165, 1.54) is 36.8 Å². The van der Waals surface area contributed by atoms with Crippen LogP contribution in [0.15, 0.2) is 121 Å². The van der Waals surface area contributed by atoms with Crippen molar-refractivity contribution in [2.75, 3.05) is 0 Å². The summed E-state index contributed by atoms with van der Waals surface area (Å²) < 4.78 is 0. The van der Waals surface area contributed by atoms with Gasteiger partial charge in [0.05, 0.1) is 0 Å². The van der Waals surface area contributed by atoms with E-state index in [0.29, 0.717) is 11.1 Å². The topological polar surface area (TPSA) is 40.5 Å². The van der Waals surface area contributed by atoms with Crippen molar-refractivity contribution in [1.29, 1.82) is 0 Å². The molecule has 0 spiro atoms. The molecule has 0 radical (unpaired) electrons. The number of phenolic OH excluding ortho intramolecular Hbond substituents is 2. The molecule has 2 fully saturated rings. The minimum atomic E-state index is 0. The van der Waals surface area contributed by atoms with E-state index in [2.05, 4.69) is 76.2 Å². The molecule has 6 aromatic carbocycles. The summed E-state index contributed by atoms with van der Waals surface area (Å²) in [5.74, 6) is 5.19. The van der Waals surface area contributed by atoms with Gasteiger partial charge in [-0.05, 0) is 117 Å². The number of rotatable bonds is 4. The van der Waals surface area contributed by atoms with Crippen LogP contribution in [0.4, 0.5) is 0 Å². The van der Waals surface area contributed by atoms with Gasteiger partial charge in [-0.25, -0.2) is 0 Å². The maximum Gasteiger partial charge on any atom is 0.124 e. The van der Waals surface area contributed by atoms with Crippen LogP contribution in [0.3, 0.4) is 0 Å². The first kappa shape index (κ1) is 35.2. The second-order valence-electron chi connectivity index (χ2n) is 14.8. The van der Waals surface area contributed by atoms with Crippen LogP contribution >= 0.6 is 0 Å². The van der Waals surface area contributed by atoms with Gasteiger partial charge in [0, 0.05) is 37.3 Å². The van der Waals surface area contributed by atoms with E-state index in [-0.39, 0.29) is 37.7 Å². The molecular formula is C46H48O2Zr. The SMILES string of the molecule is CC1CC(c2ccccc2-c2ccccc2C2CC(C)C(C)C2)CC1C.Oc1ccc2ccccc2c1-c1c(O)ccc2ccccc12.[Zr]. The molecular weight excluding hydrogens is 676 g/mol. The number of benzene rings is 6. The summed E-state index contributed by atoms with van der Waals surface area (Å²) in [5, 5.41) is 24.8. The van der Waals surface area contributed by atoms with Crippen molar-refractivity contribution in [3.63, 3.8) is 0 Å². The van der Waals surface area contributed by atoms with Crippen molar-refractivity contribution in [2.45, 2.75) is 65.2 Å². The fourth-order valence-electron chi connectivity index (χ4n) is 8.67. The second kappa shape index (κ2) is 15.1. The average molecular weight is 724 g/mol. The van der Waals surface area contributed by atoms with Gasteiger partial charge in [0.1, 0.15) is 11.5 Å². The fraction of sp³-hybridized carbons (Fsp3) is 0.304. The van der Waals surface area contributed by atoms with E-state index in [1.807, 2.05) is 60.7 Å². The van der Waals surface area contributed by atoms with Crippen LogP contribution in [-0.2, 0) is 26.2 Å². The van der Waals surface area contributed by atoms with Gasteiger partial charge in [0.2, 0.25) is 0 Å². The molecule has 4 unspecified atom stereocenters. The van der Waals surface area contributed by atoms with E-state index < -0.39 is 0 Å². The molecule has 2 N–H and O–H groups in total. The molecule has 0 amide bonds. The molecule has 248 valence electrons. The predicted molar refractivity (Wildman–Crippen MR) is 203 cm³/mol. The summed E-state index contributed by atoms with van der Waals surface area (Å²) in [6, 6.07) is 41.4. The Morgan fingerprint density at radius 2 is 0.735 bits per heavy atom. The number of aromatic hydroxyl groups is 2. The minimum absolute atomic E-state index is 0. The summed E-state index contributed by atoms with van der Waals surface area (Å²) in [5.41, 5.74) is 7.54. The van der Waals surface area contributed by atoms with Crippen molar-refractivity contribution >= 4 is 21.5 Å². The summed E-state index contributed by atoms with van der Waals surface area (Å²) in [7, 11) is 0. The quantitative estimate of drug-likeness (QED) is 0.190. The molecule has 0 saturated heterocycles. The van der Waals surface area contributed by atoms with Crippen molar-refractivity contribution < 1.29 is 36.4 Å². The van der Waals surface area contributed by atoms with Gasteiger partial charge in [-0.15, -0.1) is 0 Å². The second-order valence-corrected chi connectivity index (χ2v) is 14.8. The maximum absolute atomic E-state index is 10.4. The average Bonchev–Trinajstić information content (AvgIpc) is 3.64. The molecule has 0 aliphatic heterocycles. The zero-order chi connectivity index (χ0) is 33.4. The Balaban J connectivity index is 0.000000169. The van der Waals surface area contributed by atoms with Gasteiger partial charge in [-0.2, -0.15) is 0 Å². The van der Waals surface area contributed by atoms with Crippen molar-refractivity contribution in [3.05, 3.63) is 132 Å². The monoisotopic (exact) mass is 722 g/mol. The van der Waals surface area contributed by atoms with E-state index >= 15 is 0 Å². The maximum atomic E-state index is 10.4. The summed E-state index contributed by atoms with van der Waals surface area (Å²) in [6.45, 7) is 9.73. The Bertz CT molecular complexity index is 1900. The molecule has 8 rings (SSSR count). The van der Waals surface area contributed by atoms with E-state index in [1.54, 1.807) is 23.3 Å². The van der Waals surface area contributed by atoms with Crippen LogP contribution in [0.25, 0.3) is 43.8 Å². The van der Waals surface area contributed by atoms with E-state index in [4.69, 9.17) is 0 Å². The fourth-order valence-corrected chi connectivity index (χ4v) is 8.67. The summed E-state index contributed by atoms with van der Waals surface area (Å²) >= 11 is 0. The molecule has 2 aliphatic rings. The third kappa shape index (κ3) is 7.02. The van der Waals surface area contributed by atoms with Gasteiger partial charge in [0.15, 0.2) is 0 Å². The third-order valence-corrected chi connectivity index (χ3v) is 11.7. The molecule has 0 heterocycles. The Morgan fingerprint density at radius 3 is 1.12 bits per heavy atom. The van der Waals surface area contributed by atoms with Crippen LogP contribution in [0.2, 0.25) is 0 Å². The summed E-state index contributed by atoms with van der Waals surface area (Å²) in [6.07, 6.45) is 5.38. The van der Waals surface area contributed by atoms with Crippen LogP contribution in [0.1, 0.15) is 76.3 Å². The minimum Gasteiger partial charge on any atom is -0.507 e. The van der Waals surface area contributed by atoms with Crippen molar-refractivity contribution in [2.24, 2.45) is 23.7 Å². The first-order valence-corrected chi connectivity index (χ1v) is 17.9. The van der Waals surface area contributed by atoms with Gasteiger partial charge in [0.25, 0.3) is 0 Å². The number of phenols is 2. The van der Waals surface area contributed by atoms with E-state index in [0.717, 1.165) is 57.1 Å². The van der Waals surface area contributed by atoms with Crippen LogP contribution in [-0.4, -0.2) is 10.2 Å². The zero-order valence-electron chi connectivity index (χ0n) is 29.2. The molecule has 4 atom stereocenters. The molecule has 0 aromatic heterocycles. The van der Waals surface area contributed by atoms with Gasteiger partial charge in [-0.1, -0.05) is 137 Å². The molecule has 3 heteroatoms. The molecule has 2 aliphatic carbocycles. The number of hydrogen-bond donors (Lipinski definition) is 2. The Labute approximate surface area is 311 Å². The molecule has 2 saturated carbocycles. The molecule has 49 heavy (non-hydrogen) atoms. The predicted octanol–water partition coefficient (Wildman–Crippen LogP) is 12.7. The largest absolute Gasteiger partial charge is 0.507 e. The summed E-state index contributed by atoms with van der Waals surface area (Å²) in [4.78, 5) is 0.